The topological polar surface area (TPSA) is 52.3 Å². The van der Waals surface area contributed by atoms with Crippen molar-refractivity contribution in [3.8, 4) is 0 Å². The molecule has 0 spiro atoms. The molecular formula is C10H11BrFNO2. The van der Waals surface area contributed by atoms with Gasteiger partial charge in [0.2, 0.25) is 0 Å². The molecule has 0 saturated carbocycles. The summed E-state index contributed by atoms with van der Waals surface area (Å²) in [4.78, 5) is 11.1. The summed E-state index contributed by atoms with van der Waals surface area (Å²) in [7, 11) is 0. The maximum Gasteiger partial charge on any atom is 0.310 e. The second-order valence-corrected chi connectivity index (χ2v) is 3.77. The van der Waals surface area contributed by atoms with Crippen molar-refractivity contribution in [2.24, 2.45) is 0 Å². The lowest BCUT2D eigenvalue weighted by Gasteiger charge is -2.07. The molecule has 0 saturated heterocycles. The Bertz CT molecular complexity index is 382. The molecule has 0 aliphatic carbocycles. The number of hydrogen-bond acceptors (Lipinski definition) is 3. The zero-order chi connectivity index (χ0) is 11.4. The van der Waals surface area contributed by atoms with Crippen LogP contribution in [0.15, 0.2) is 16.6 Å². The number of rotatable bonds is 3. The molecule has 0 aliphatic heterocycles. The van der Waals surface area contributed by atoms with Crippen molar-refractivity contribution in [3.05, 3.63) is 28.0 Å². The molecule has 3 nitrogen and oxygen atoms in total. The lowest BCUT2D eigenvalue weighted by Crippen LogP contribution is -2.10. The van der Waals surface area contributed by atoms with Gasteiger partial charge in [0.1, 0.15) is 0 Å². The first kappa shape index (κ1) is 12.0. The molecule has 0 aromatic heterocycles. The zero-order valence-electron chi connectivity index (χ0n) is 8.22. The van der Waals surface area contributed by atoms with Crippen molar-refractivity contribution in [3.63, 3.8) is 0 Å². The molecule has 82 valence electrons. The zero-order valence-corrected chi connectivity index (χ0v) is 9.80. The number of carbonyl (C=O) groups is 1. The highest BCUT2D eigenvalue weighted by Gasteiger charge is 2.12. The van der Waals surface area contributed by atoms with Gasteiger partial charge in [0.25, 0.3) is 0 Å². The van der Waals surface area contributed by atoms with E-state index in [0.717, 1.165) is 0 Å². The molecule has 0 radical (unpaired) electrons. The van der Waals surface area contributed by atoms with E-state index in [1.54, 1.807) is 13.0 Å². The highest BCUT2D eigenvalue weighted by atomic mass is 79.9. The van der Waals surface area contributed by atoms with Gasteiger partial charge in [0, 0.05) is 0 Å². The van der Waals surface area contributed by atoms with Crippen LogP contribution in [0.5, 0.6) is 0 Å². The number of ether oxygens (including phenoxy) is 1. The van der Waals surface area contributed by atoms with E-state index < -0.39 is 11.8 Å². The maximum atomic E-state index is 13.3. The van der Waals surface area contributed by atoms with Gasteiger partial charge >= 0.3 is 5.97 Å². The Kier molecular flexibility index (Phi) is 4.08. The number of anilines is 1. The predicted molar refractivity (Wildman–Crippen MR) is 58.8 cm³/mol. The van der Waals surface area contributed by atoms with Crippen molar-refractivity contribution >= 4 is 27.6 Å². The molecule has 15 heavy (non-hydrogen) atoms. The number of benzene rings is 1. The fraction of sp³-hybridized carbons (Fsp3) is 0.300. The minimum Gasteiger partial charge on any atom is -0.466 e. The third-order valence-corrected chi connectivity index (χ3v) is 2.48. The van der Waals surface area contributed by atoms with Crippen LogP contribution in [-0.4, -0.2) is 12.6 Å². The quantitative estimate of drug-likeness (QED) is 0.680. The maximum absolute atomic E-state index is 13.3. The van der Waals surface area contributed by atoms with Gasteiger partial charge in [-0.1, -0.05) is 6.07 Å². The Morgan fingerprint density at radius 1 is 1.60 bits per heavy atom. The summed E-state index contributed by atoms with van der Waals surface area (Å²) in [6.45, 7) is 2.02. The third-order valence-electron chi connectivity index (χ3n) is 1.86. The van der Waals surface area contributed by atoms with Crippen LogP contribution in [0.2, 0.25) is 0 Å². The van der Waals surface area contributed by atoms with Crippen LogP contribution in [0.3, 0.4) is 0 Å². The molecule has 0 atom stereocenters. The van der Waals surface area contributed by atoms with Gasteiger partial charge in [-0.25, -0.2) is 4.39 Å². The first-order valence-corrected chi connectivity index (χ1v) is 5.23. The van der Waals surface area contributed by atoms with E-state index in [1.165, 1.54) is 6.07 Å². The van der Waals surface area contributed by atoms with E-state index in [0.29, 0.717) is 12.2 Å². The molecule has 2 N–H and O–H groups in total. The molecule has 1 aromatic carbocycles. The molecule has 0 amide bonds. The van der Waals surface area contributed by atoms with E-state index in [-0.39, 0.29) is 16.6 Å². The smallest absolute Gasteiger partial charge is 0.310 e. The number of hydrogen-bond donors (Lipinski definition) is 1. The Hall–Kier alpha value is -1.10. The lowest BCUT2D eigenvalue weighted by molar-refractivity contribution is -0.142. The average Bonchev–Trinajstić information content (AvgIpc) is 2.20. The highest BCUT2D eigenvalue weighted by molar-refractivity contribution is 9.10. The Labute approximate surface area is 95.5 Å². The van der Waals surface area contributed by atoms with E-state index in [2.05, 4.69) is 15.9 Å². The second kappa shape index (κ2) is 5.11. The fourth-order valence-electron chi connectivity index (χ4n) is 1.13. The van der Waals surface area contributed by atoms with Crippen molar-refractivity contribution in [2.75, 3.05) is 12.3 Å². The van der Waals surface area contributed by atoms with Crippen LogP contribution < -0.4 is 5.73 Å². The molecule has 1 rings (SSSR count). The highest BCUT2D eigenvalue weighted by Crippen LogP contribution is 2.24. The number of halogens is 2. The van der Waals surface area contributed by atoms with Gasteiger partial charge in [0.15, 0.2) is 5.82 Å². The van der Waals surface area contributed by atoms with Crippen LogP contribution in [0, 0.1) is 5.82 Å². The van der Waals surface area contributed by atoms with Gasteiger partial charge < -0.3 is 10.5 Å². The van der Waals surface area contributed by atoms with Crippen LogP contribution in [-0.2, 0) is 16.0 Å². The largest absolute Gasteiger partial charge is 0.466 e. The van der Waals surface area contributed by atoms with Crippen LogP contribution in [0.4, 0.5) is 10.1 Å². The standard InChI is InChI=1S/C10H11BrFNO2/c1-2-15-8(14)5-6-3-4-7(11)9(12)10(6)13/h3-4H,2,5,13H2,1H3. The van der Waals surface area contributed by atoms with E-state index in [4.69, 9.17) is 10.5 Å². The molecule has 0 unspecified atom stereocenters. The fourth-order valence-corrected chi connectivity index (χ4v) is 1.47. The first-order chi connectivity index (χ1) is 7.06. The number of nitrogen functional groups attached to an aromatic ring is 1. The van der Waals surface area contributed by atoms with Crippen LogP contribution >= 0.6 is 15.9 Å². The molecule has 1 aromatic rings. The van der Waals surface area contributed by atoms with Crippen LogP contribution in [0.25, 0.3) is 0 Å². The monoisotopic (exact) mass is 275 g/mol. The molecule has 5 heteroatoms. The normalized spacial score (nSPS) is 10.1. The van der Waals surface area contributed by atoms with Crippen molar-refractivity contribution in [1.29, 1.82) is 0 Å². The minimum atomic E-state index is -0.545. The van der Waals surface area contributed by atoms with Gasteiger partial charge in [0.05, 0.1) is 23.2 Å². The average molecular weight is 276 g/mol. The minimum absolute atomic E-state index is 0.0100. The van der Waals surface area contributed by atoms with E-state index >= 15 is 0 Å². The van der Waals surface area contributed by atoms with Crippen molar-refractivity contribution in [2.45, 2.75) is 13.3 Å². The van der Waals surface area contributed by atoms with Gasteiger partial charge in [-0.15, -0.1) is 0 Å². The van der Waals surface area contributed by atoms with E-state index in [1.807, 2.05) is 0 Å². The third kappa shape index (κ3) is 2.92. The number of esters is 1. The Morgan fingerprint density at radius 2 is 2.27 bits per heavy atom. The molecule has 0 fully saturated rings. The number of carbonyl (C=O) groups excluding carboxylic acids is 1. The SMILES string of the molecule is CCOC(=O)Cc1ccc(Br)c(F)c1N. The summed E-state index contributed by atoms with van der Waals surface area (Å²) < 4.78 is 18.3. The number of nitrogens with two attached hydrogens (primary N) is 1. The lowest BCUT2D eigenvalue weighted by atomic mass is 10.1. The molecular weight excluding hydrogens is 265 g/mol. The molecule has 0 heterocycles. The Balaban J connectivity index is 2.87. The molecule has 0 bridgehead atoms. The van der Waals surface area contributed by atoms with Crippen LogP contribution in [0.1, 0.15) is 12.5 Å². The van der Waals surface area contributed by atoms with Gasteiger partial charge in [-0.3, -0.25) is 4.79 Å². The summed E-state index contributed by atoms with van der Waals surface area (Å²) in [5, 5.41) is 0. The Morgan fingerprint density at radius 3 is 2.87 bits per heavy atom. The summed E-state index contributed by atoms with van der Waals surface area (Å²) in [6.07, 6.45) is -0.0100. The summed E-state index contributed by atoms with van der Waals surface area (Å²) in [5.41, 5.74) is 5.94. The second-order valence-electron chi connectivity index (χ2n) is 2.92. The van der Waals surface area contributed by atoms with Gasteiger partial charge in [-0.2, -0.15) is 0 Å². The van der Waals surface area contributed by atoms with E-state index in [9.17, 15) is 9.18 Å². The van der Waals surface area contributed by atoms with Crippen molar-refractivity contribution < 1.29 is 13.9 Å². The summed E-state index contributed by atoms with van der Waals surface area (Å²) in [6, 6.07) is 3.11. The van der Waals surface area contributed by atoms with Gasteiger partial charge in [-0.05, 0) is 34.5 Å². The van der Waals surface area contributed by atoms with Crippen molar-refractivity contribution in [1.82, 2.24) is 0 Å². The predicted octanol–water partition coefficient (Wildman–Crippen LogP) is 2.28. The molecule has 0 aliphatic rings. The first-order valence-electron chi connectivity index (χ1n) is 4.44. The summed E-state index contributed by atoms with van der Waals surface area (Å²) >= 11 is 3.01. The summed E-state index contributed by atoms with van der Waals surface area (Å²) in [5.74, 6) is -0.956.